The average Bonchev–Trinajstić information content (AvgIpc) is 2.86. The van der Waals surface area contributed by atoms with Crippen LogP contribution in [-0.2, 0) is 9.59 Å². The molecule has 0 aliphatic rings. The van der Waals surface area contributed by atoms with Crippen molar-refractivity contribution in [2.45, 2.75) is 19.8 Å². The lowest BCUT2D eigenvalue weighted by molar-refractivity contribution is -0.138. The van der Waals surface area contributed by atoms with Gasteiger partial charge in [-0.25, -0.2) is 4.68 Å². The van der Waals surface area contributed by atoms with Gasteiger partial charge in [0.2, 0.25) is 5.91 Å². The summed E-state index contributed by atoms with van der Waals surface area (Å²) in [5, 5.41) is 15.6. The van der Waals surface area contributed by atoms with Crippen molar-refractivity contribution in [2.75, 3.05) is 5.32 Å². The van der Waals surface area contributed by atoms with E-state index in [1.165, 1.54) is 0 Å². The Morgan fingerprint density at radius 1 is 1.29 bits per heavy atom. The molecular formula is C15H17N3O3. The second-order valence-electron chi connectivity index (χ2n) is 4.96. The van der Waals surface area contributed by atoms with E-state index in [0.29, 0.717) is 5.69 Å². The lowest BCUT2D eigenvalue weighted by Crippen LogP contribution is -2.16. The third-order valence-electron chi connectivity index (χ3n) is 2.94. The molecule has 0 radical (unpaired) electrons. The van der Waals surface area contributed by atoms with Crippen LogP contribution in [0.15, 0.2) is 42.7 Å². The Morgan fingerprint density at radius 3 is 2.67 bits per heavy atom. The SMILES string of the molecule is C[C@@H](CC(=O)O)CC(=O)Nc1cnn(-c2ccccc2)c1. The molecule has 0 fully saturated rings. The van der Waals surface area contributed by atoms with Gasteiger partial charge < -0.3 is 10.4 Å². The Morgan fingerprint density at radius 2 is 2.00 bits per heavy atom. The van der Waals surface area contributed by atoms with Crippen molar-refractivity contribution in [1.29, 1.82) is 0 Å². The number of rotatable bonds is 6. The molecule has 0 bridgehead atoms. The molecule has 2 rings (SSSR count). The van der Waals surface area contributed by atoms with Crippen LogP contribution in [0.5, 0.6) is 0 Å². The monoisotopic (exact) mass is 287 g/mol. The molecule has 6 nitrogen and oxygen atoms in total. The van der Waals surface area contributed by atoms with Crippen molar-refractivity contribution in [3.63, 3.8) is 0 Å². The molecule has 1 aromatic heterocycles. The van der Waals surface area contributed by atoms with Crippen molar-refractivity contribution in [2.24, 2.45) is 5.92 Å². The molecule has 0 spiro atoms. The van der Waals surface area contributed by atoms with Gasteiger partial charge in [-0.2, -0.15) is 5.10 Å². The zero-order chi connectivity index (χ0) is 15.2. The van der Waals surface area contributed by atoms with Crippen LogP contribution in [0.2, 0.25) is 0 Å². The fourth-order valence-electron chi connectivity index (χ4n) is 2.01. The minimum absolute atomic E-state index is 0.0172. The lowest BCUT2D eigenvalue weighted by Gasteiger charge is -2.07. The molecule has 0 saturated heterocycles. The first-order valence-corrected chi connectivity index (χ1v) is 6.66. The normalized spacial score (nSPS) is 11.9. The van der Waals surface area contributed by atoms with Gasteiger partial charge in [-0.3, -0.25) is 9.59 Å². The molecule has 6 heteroatoms. The summed E-state index contributed by atoms with van der Waals surface area (Å²) in [5.41, 5.74) is 1.49. The van der Waals surface area contributed by atoms with E-state index in [-0.39, 0.29) is 24.7 Å². The zero-order valence-electron chi connectivity index (χ0n) is 11.7. The maximum atomic E-state index is 11.8. The fraction of sp³-hybridized carbons (Fsp3) is 0.267. The highest BCUT2D eigenvalue weighted by atomic mass is 16.4. The van der Waals surface area contributed by atoms with Gasteiger partial charge in [-0.05, 0) is 18.1 Å². The van der Waals surface area contributed by atoms with E-state index in [4.69, 9.17) is 5.11 Å². The number of benzene rings is 1. The van der Waals surface area contributed by atoms with Gasteiger partial charge in [-0.1, -0.05) is 25.1 Å². The Hall–Kier alpha value is -2.63. The molecule has 1 aromatic carbocycles. The minimum Gasteiger partial charge on any atom is -0.481 e. The quantitative estimate of drug-likeness (QED) is 0.854. The molecule has 0 aliphatic heterocycles. The third-order valence-corrected chi connectivity index (χ3v) is 2.94. The van der Waals surface area contributed by atoms with Crippen molar-refractivity contribution in [3.05, 3.63) is 42.7 Å². The van der Waals surface area contributed by atoms with E-state index in [0.717, 1.165) is 5.69 Å². The molecule has 0 aliphatic carbocycles. The molecule has 1 amide bonds. The molecule has 0 unspecified atom stereocenters. The molecular weight excluding hydrogens is 270 g/mol. The molecule has 0 saturated carbocycles. The standard InChI is InChI=1S/C15H17N3O3/c1-11(8-15(20)21)7-14(19)17-12-9-16-18(10-12)13-5-3-2-4-6-13/h2-6,9-11H,7-8H2,1H3,(H,17,19)(H,20,21)/t11-/m1/s1. The summed E-state index contributed by atoms with van der Waals surface area (Å²) in [6.07, 6.45) is 3.43. The summed E-state index contributed by atoms with van der Waals surface area (Å²) >= 11 is 0. The first-order chi connectivity index (χ1) is 10.0. The predicted molar refractivity (Wildman–Crippen MR) is 78.2 cm³/mol. The van der Waals surface area contributed by atoms with Crippen molar-refractivity contribution in [1.82, 2.24) is 9.78 Å². The number of aliphatic carboxylic acids is 1. The van der Waals surface area contributed by atoms with Gasteiger partial charge in [0, 0.05) is 12.8 Å². The Labute approximate surface area is 122 Å². The summed E-state index contributed by atoms with van der Waals surface area (Å²) in [6, 6.07) is 9.55. The Bertz CT molecular complexity index is 622. The number of carbonyl (C=O) groups excluding carboxylic acids is 1. The molecule has 2 aromatic rings. The van der Waals surface area contributed by atoms with Crippen LogP contribution in [0.25, 0.3) is 5.69 Å². The van der Waals surface area contributed by atoms with Gasteiger partial charge in [0.15, 0.2) is 0 Å². The van der Waals surface area contributed by atoms with E-state index < -0.39 is 5.97 Å². The number of carboxylic acid groups (broad SMARTS) is 1. The number of para-hydroxylation sites is 1. The third kappa shape index (κ3) is 4.45. The van der Waals surface area contributed by atoms with Crippen molar-refractivity contribution >= 4 is 17.6 Å². The Balaban J connectivity index is 1.93. The number of nitrogens with zero attached hydrogens (tertiary/aromatic N) is 2. The molecule has 1 heterocycles. The van der Waals surface area contributed by atoms with E-state index in [1.54, 1.807) is 24.0 Å². The van der Waals surface area contributed by atoms with Crippen LogP contribution >= 0.6 is 0 Å². The smallest absolute Gasteiger partial charge is 0.303 e. The lowest BCUT2D eigenvalue weighted by atomic mass is 10.0. The number of hydrogen-bond donors (Lipinski definition) is 2. The van der Waals surface area contributed by atoms with Gasteiger partial charge in [-0.15, -0.1) is 0 Å². The summed E-state index contributed by atoms with van der Waals surface area (Å²) < 4.78 is 1.66. The maximum absolute atomic E-state index is 11.8. The van der Waals surface area contributed by atoms with E-state index in [2.05, 4.69) is 10.4 Å². The van der Waals surface area contributed by atoms with Crippen LogP contribution in [0.1, 0.15) is 19.8 Å². The highest BCUT2D eigenvalue weighted by Crippen LogP contribution is 2.13. The average molecular weight is 287 g/mol. The van der Waals surface area contributed by atoms with Gasteiger partial charge >= 0.3 is 5.97 Å². The molecule has 110 valence electrons. The summed E-state index contributed by atoms with van der Waals surface area (Å²) in [6.45, 7) is 1.74. The first kappa shape index (κ1) is 14.8. The zero-order valence-corrected chi connectivity index (χ0v) is 11.7. The number of hydrogen-bond acceptors (Lipinski definition) is 3. The summed E-state index contributed by atoms with van der Waals surface area (Å²) in [4.78, 5) is 22.4. The van der Waals surface area contributed by atoms with Crippen LogP contribution in [0.3, 0.4) is 0 Å². The van der Waals surface area contributed by atoms with Gasteiger partial charge in [0.1, 0.15) is 0 Å². The van der Waals surface area contributed by atoms with Crippen molar-refractivity contribution in [3.8, 4) is 5.69 Å². The van der Waals surface area contributed by atoms with Crippen LogP contribution in [-0.4, -0.2) is 26.8 Å². The minimum atomic E-state index is -0.896. The first-order valence-electron chi connectivity index (χ1n) is 6.66. The van der Waals surface area contributed by atoms with Crippen molar-refractivity contribution < 1.29 is 14.7 Å². The number of nitrogens with one attached hydrogen (secondary N) is 1. The molecule has 2 N–H and O–H groups in total. The van der Waals surface area contributed by atoms with Crippen LogP contribution in [0.4, 0.5) is 5.69 Å². The van der Waals surface area contributed by atoms with Gasteiger partial charge in [0.05, 0.1) is 23.8 Å². The predicted octanol–water partition coefficient (Wildman–Crippen LogP) is 2.31. The van der Waals surface area contributed by atoms with E-state index in [9.17, 15) is 9.59 Å². The number of anilines is 1. The number of carbonyl (C=O) groups is 2. The number of aromatic nitrogens is 2. The van der Waals surface area contributed by atoms with Gasteiger partial charge in [0.25, 0.3) is 0 Å². The number of carboxylic acids is 1. The second-order valence-corrected chi connectivity index (χ2v) is 4.96. The maximum Gasteiger partial charge on any atom is 0.303 e. The highest BCUT2D eigenvalue weighted by molar-refractivity contribution is 5.90. The number of amides is 1. The second kappa shape index (κ2) is 6.69. The summed E-state index contributed by atoms with van der Waals surface area (Å²) in [5.74, 6) is -1.31. The summed E-state index contributed by atoms with van der Waals surface area (Å²) in [7, 11) is 0. The topological polar surface area (TPSA) is 84.2 Å². The van der Waals surface area contributed by atoms with E-state index in [1.807, 2.05) is 30.3 Å². The van der Waals surface area contributed by atoms with E-state index >= 15 is 0 Å². The highest BCUT2D eigenvalue weighted by Gasteiger charge is 2.13. The molecule has 1 atom stereocenters. The fourth-order valence-corrected chi connectivity index (χ4v) is 2.01. The largest absolute Gasteiger partial charge is 0.481 e. The van der Waals surface area contributed by atoms with Crippen LogP contribution in [0, 0.1) is 5.92 Å². The Kier molecular flexibility index (Phi) is 4.71. The van der Waals surface area contributed by atoms with Crippen LogP contribution < -0.4 is 5.32 Å². The molecule has 21 heavy (non-hydrogen) atoms.